The predicted molar refractivity (Wildman–Crippen MR) is 73.1 cm³/mol. The molecule has 0 amide bonds. The number of hydrogen-bond acceptors (Lipinski definition) is 1. The minimum Gasteiger partial charge on any atom is -0.379 e. The number of rotatable bonds is 1. The molecule has 1 nitrogen and oxygen atoms in total. The van der Waals surface area contributed by atoms with Crippen LogP contribution in [0.25, 0.3) is 0 Å². The van der Waals surface area contributed by atoms with Crippen molar-refractivity contribution in [3.63, 3.8) is 0 Å². The fourth-order valence-electron chi connectivity index (χ4n) is 1.66. The average Bonchev–Trinajstić information content (AvgIpc) is 3.15. The van der Waals surface area contributed by atoms with Crippen molar-refractivity contribution >= 4 is 0 Å². The summed E-state index contributed by atoms with van der Waals surface area (Å²) in [5, 5.41) is 9.04. The van der Waals surface area contributed by atoms with Crippen LogP contribution in [0.15, 0.2) is 18.2 Å². The summed E-state index contributed by atoms with van der Waals surface area (Å²) in [5.41, 5.74) is 1.08. The molecule has 0 unspecified atom stereocenters. The van der Waals surface area contributed by atoms with Crippen molar-refractivity contribution in [2.24, 2.45) is 5.92 Å². The number of aryl methyl sites for hydroxylation is 2. The molecule has 1 N–H and O–H groups in total. The topological polar surface area (TPSA) is 20.2 Å². The molecule has 1 atom stereocenters. The van der Waals surface area contributed by atoms with E-state index in [0.717, 1.165) is 5.92 Å². The van der Waals surface area contributed by atoms with Gasteiger partial charge >= 0.3 is 6.18 Å². The zero-order valence-corrected chi connectivity index (χ0v) is 11.9. The first kappa shape index (κ1) is 16.6. The van der Waals surface area contributed by atoms with Gasteiger partial charge in [0.25, 0.3) is 0 Å². The molecule has 2 rings (SSSR count). The van der Waals surface area contributed by atoms with Gasteiger partial charge in [0.2, 0.25) is 0 Å². The van der Waals surface area contributed by atoms with Crippen molar-refractivity contribution in [2.45, 2.75) is 45.9 Å². The van der Waals surface area contributed by atoms with Crippen LogP contribution in [-0.4, -0.2) is 11.3 Å². The molecule has 1 saturated carbocycles. The summed E-state index contributed by atoms with van der Waals surface area (Å²) in [7, 11) is 0. The van der Waals surface area contributed by atoms with Gasteiger partial charge < -0.3 is 5.11 Å². The van der Waals surface area contributed by atoms with Gasteiger partial charge in [0.1, 0.15) is 0 Å². The summed E-state index contributed by atoms with van der Waals surface area (Å²) in [4.78, 5) is 0. The molecule has 4 heteroatoms. The van der Waals surface area contributed by atoms with Crippen molar-refractivity contribution in [1.82, 2.24) is 0 Å². The highest BCUT2D eigenvalue weighted by Gasteiger charge is 2.39. The fraction of sp³-hybridized carbons (Fsp3) is 0.500. The second-order valence-corrected chi connectivity index (χ2v) is 4.97. The monoisotopic (exact) mass is 284 g/mol. The zero-order chi connectivity index (χ0) is 15.3. The highest BCUT2D eigenvalue weighted by atomic mass is 19.4. The third-order valence-electron chi connectivity index (χ3n) is 2.97. The van der Waals surface area contributed by atoms with Crippen LogP contribution in [-0.2, 0) is 0 Å². The predicted octanol–water partition coefficient (Wildman–Crippen LogP) is 4.32. The first-order valence-electron chi connectivity index (χ1n) is 6.50. The maximum atomic E-state index is 12.2. The highest BCUT2D eigenvalue weighted by molar-refractivity contribution is 5.32. The molecular weight excluding hydrogens is 265 g/mol. The fourth-order valence-corrected chi connectivity index (χ4v) is 1.66. The van der Waals surface area contributed by atoms with E-state index in [4.69, 9.17) is 5.11 Å². The molecule has 20 heavy (non-hydrogen) atoms. The Morgan fingerprint density at radius 1 is 1.25 bits per heavy atom. The Morgan fingerprint density at radius 2 is 1.85 bits per heavy atom. The van der Waals surface area contributed by atoms with Crippen LogP contribution in [0.2, 0.25) is 0 Å². The van der Waals surface area contributed by atoms with Gasteiger partial charge in [-0.3, -0.25) is 0 Å². The van der Waals surface area contributed by atoms with Crippen molar-refractivity contribution in [1.29, 1.82) is 0 Å². The van der Waals surface area contributed by atoms with Crippen LogP contribution in [0.1, 0.15) is 42.6 Å². The molecule has 1 aromatic rings. The van der Waals surface area contributed by atoms with Gasteiger partial charge in [-0.2, -0.15) is 13.2 Å². The molecule has 1 aliphatic rings. The highest BCUT2D eigenvalue weighted by Crippen LogP contribution is 2.34. The second kappa shape index (κ2) is 6.81. The standard InChI is InChI=1S/C10H11F3O.C6H8/c1-6-3-4-7(2)8(5-6)9(14)10(11,12)13;1-2-3-6-4-5-6/h3-5,9,14H,1-2H3;6H,4-5H2,1H3/t9-;/m0./s1. The number of benzene rings is 1. The van der Waals surface area contributed by atoms with Crippen molar-refractivity contribution in [3.8, 4) is 11.8 Å². The Hall–Kier alpha value is -1.47. The number of aliphatic hydroxyl groups is 1. The Kier molecular flexibility index (Phi) is 5.64. The average molecular weight is 284 g/mol. The van der Waals surface area contributed by atoms with E-state index >= 15 is 0 Å². The summed E-state index contributed by atoms with van der Waals surface area (Å²) in [6, 6.07) is 4.63. The maximum Gasteiger partial charge on any atom is 0.418 e. The van der Waals surface area contributed by atoms with Gasteiger partial charge in [0.15, 0.2) is 6.10 Å². The molecule has 110 valence electrons. The molecule has 0 heterocycles. The first-order chi connectivity index (χ1) is 9.25. The lowest BCUT2D eigenvalue weighted by molar-refractivity contribution is -0.206. The van der Waals surface area contributed by atoms with E-state index in [1.54, 1.807) is 26.0 Å². The molecule has 0 aliphatic heterocycles. The van der Waals surface area contributed by atoms with Crippen LogP contribution in [0.4, 0.5) is 13.2 Å². The van der Waals surface area contributed by atoms with Crippen LogP contribution in [0.3, 0.4) is 0 Å². The Labute approximate surface area is 117 Å². The number of alkyl halides is 3. The number of hydrogen-bond donors (Lipinski definition) is 1. The molecule has 0 saturated heterocycles. The lowest BCUT2D eigenvalue weighted by atomic mass is 10.0. The zero-order valence-electron chi connectivity index (χ0n) is 11.9. The third kappa shape index (κ3) is 5.26. The van der Waals surface area contributed by atoms with E-state index in [-0.39, 0.29) is 5.56 Å². The lowest BCUT2D eigenvalue weighted by Crippen LogP contribution is -2.21. The van der Waals surface area contributed by atoms with Gasteiger partial charge in [-0.05, 0) is 44.7 Å². The summed E-state index contributed by atoms with van der Waals surface area (Å²) in [5.74, 6) is 6.74. The van der Waals surface area contributed by atoms with Gasteiger partial charge in [0, 0.05) is 5.92 Å². The van der Waals surface area contributed by atoms with Crippen LogP contribution >= 0.6 is 0 Å². The molecular formula is C16H19F3O. The third-order valence-corrected chi connectivity index (χ3v) is 2.97. The summed E-state index contributed by atoms with van der Waals surface area (Å²) in [6.45, 7) is 5.13. The van der Waals surface area contributed by atoms with Crippen LogP contribution in [0.5, 0.6) is 0 Å². The molecule has 0 spiro atoms. The summed E-state index contributed by atoms with van der Waals surface area (Å²) >= 11 is 0. The van der Waals surface area contributed by atoms with Crippen molar-refractivity contribution in [2.75, 3.05) is 0 Å². The SMILES string of the molecule is CC#CC1CC1.Cc1ccc(C)c([C@H](O)C(F)(F)F)c1. The van der Waals surface area contributed by atoms with E-state index in [9.17, 15) is 13.2 Å². The van der Waals surface area contributed by atoms with Gasteiger partial charge in [-0.25, -0.2) is 0 Å². The molecule has 0 radical (unpaired) electrons. The summed E-state index contributed by atoms with van der Waals surface area (Å²) < 4.78 is 36.6. The van der Waals surface area contributed by atoms with E-state index in [2.05, 4.69) is 11.8 Å². The van der Waals surface area contributed by atoms with Crippen molar-refractivity contribution in [3.05, 3.63) is 34.9 Å². The molecule has 1 fully saturated rings. The van der Waals surface area contributed by atoms with Gasteiger partial charge in [-0.1, -0.05) is 23.8 Å². The molecule has 1 aromatic carbocycles. The maximum absolute atomic E-state index is 12.2. The normalized spacial score (nSPS) is 15.6. The van der Waals surface area contributed by atoms with Gasteiger partial charge in [0.05, 0.1) is 0 Å². The smallest absolute Gasteiger partial charge is 0.379 e. The summed E-state index contributed by atoms with van der Waals surface area (Å²) in [6.07, 6.45) is -4.29. The quantitative estimate of drug-likeness (QED) is 0.761. The molecule has 0 bridgehead atoms. The largest absolute Gasteiger partial charge is 0.418 e. The minimum atomic E-state index is -4.60. The number of halogens is 3. The Balaban J connectivity index is 0.000000276. The van der Waals surface area contributed by atoms with E-state index in [0.29, 0.717) is 11.1 Å². The minimum absolute atomic E-state index is 0.0718. The van der Waals surface area contributed by atoms with E-state index in [1.807, 2.05) is 6.92 Å². The molecule has 0 aromatic heterocycles. The Bertz CT molecular complexity index is 505. The van der Waals surface area contributed by atoms with E-state index in [1.165, 1.54) is 18.9 Å². The Morgan fingerprint density at radius 3 is 2.25 bits per heavy atom. The van der Waals surface area contributed by atoms with Gasteiger partial charge in [-0.15, -0.1) is 11.8 Å². The lowest BCUT2D eigenvalue weighted by Gasteiger charge is -2.17. The number of aliphatic hydroxyl groups excluding tert-OH is 1. The molecule has 1 aliphatic carbocycles. The van der Waals surface area contributed by atoms with Crippen molar-refractivity contribution < 1.29 is 18.3 Å². The first-order valence-corrected chi connectivity index (χ1v) is 6.50. The van der Waals surface area contributed by atoms with E-state index < -0.39 is 12.3 Å². The van der Waals surface area contributed by atoms with Crippen LogP contribution in [0, 0.1) is 31.6 Å². The second-order valence-electron chi connectivity index (χ2n) is 4.97. The van der Waals surface area contributed by atoms with Crippen LogP contribution < -0.4 is 0 Å².